The molecule has 0 aromatic heterocycles. The fraction of sp³-hybridized carbons (Fsp3) is 0.308. The van der Waals surface area contributed by atoms with E-state index >= 15 is 0 Å². The Morgan fingerprint density at radius 3 is 3.12 bits per heavy atom. The zero-order valence-electron chi connectivity index (χ0n) is 9.03. The molecule has 2 rings (SSSR count). The molecule has 0 fully saturated rings. The number of halogens is 1. The van der Waals surface area contributed by atoms with Crippen molar-refractivity contribution >= 4 is 0 Å². The van der Waals surface area contributed by atoms with Gasteiger partial charge in [-0.15, -0.1) is 0 Å². The van der Waals surface area contributed by atoms with Crippen LogP contribution in [0.2, 0.25) is 0 Å². The quantitative estimate of drug-likeness (QED) is 0.677. The van der Waals surface area contributed by atoms with Gasteiger partial charge in [-0.05, 0) is 18.1 Å². The number of allylic oxidation sites excluding steroid dienone is 1. The minimum atomic E-state index is -0.282. The molecule has 1 heterocycles. The minimum absolute atomic E-state index is 0.180. The third-order valence-corrected chi connectivity index (χ3v) is 2.74. The van der Waals surface area contributed by atoms with Crippen molar-refractivity contribution in [3.8, 4) is 11.8 Å². The molecule has 0 bridgehead atoms. The lowest BCUT2D eigenvalue weighted by molar-refractivity contribution is 0.179. The molecule has 0 radical (unpaired) electrons. The first-order valence-electron chi connectivity index (χ1n) is 5.11. The average Bonchev–Trinajstić information content (AvgIpc) is 2.27. The number of hydrogen-bond acceptors (Lipinski definition) is 2. The van der Waals surface area contributed by atoms with Crippen LogP contribution in [0.4, 0.5) is 4.39 Å². The van der Waals surface area contributed by atoms with E-state index in [1.54, 1.807) is 6.07 Å². The van der Waals surface area contributed by atoms with E-state index in [1.807, 2.05) is 19.1 Å². The van der Waals surface area contributed by atoms with Crippen molar-refractivity contribution in [2.75, 3.05) is 6.61 Å². The summed E-state index contributed by atoms with van der Waals surface area (Å²) >= 11 is 0. The molecule has 82 valence electrons. The molecule has 0 N–H and O–H groups in total. The monoisotopic (exact) mass is 217 g/mol. The van der Waals surface area contributed by atoms with E-state index in [4.69, 9.17) is 10.00 Å². The lowest BCUT2D eigenvalue weighted by Gasteiger charge is -2.32. The van der Waals surface area contributed by atoms with E-state index in [0.717, 1.165) is 12.0 Å². The molecule has 1 aliphatic heterocycles. The van der Waals surface area contributed by atoms with Crippen molar-refractivity contribution in [3.05, 3.63) is 41.7 Å². The summed E-state index contributed by atoms with van der Waals surface area (Å²) in [6.45, 7) is 2.49. The summed E-state index contributed by atoms with van der Waals surface area (Å²) in [5.41, 5.74) is 0.804. The van der Waals surface area contributed by atoms with Gasteiger partial charge in [0.2, 0.25) is 0 Å². The second-order valence-electron chi connectivity index (χ2n) is 4.33. The van der Waals surface area contributed by atoms with Crippen molar-refractivity contribution in [1.29, 1.82) is 5.26 Å². The molecule has 0 spiro atoms. The number of rotatable bonds is 1. The summed E-state index contributed by atoms with van der Waals surface area (Å²) in [5, 5.41) is 8.52. The summed E-state index contributed by atoms with van der Waals surface area (Å²) in [4.78, 5) is 0. The van der Waals surface area contributed by atoms with Gasteiger partial charge in [-0.25, -0.2) is 4.39 Å². The fourth-order valence-electron chi connectivity index (χ4n) is 1.88. The van der Waals surface area contributed by atoms with Gasteiger partial charge in [-0.1, -0.05) is 19.1 Å². The third kappa shape index (κ3) is 2.06. The van der Waals surface area contributed by atoms with Gasteiger partial charge in [0.15, 0.2) is 0 Å². The van der Waals surface area contributed by atoms with E-state index in [-0.39, 0.29) is 11.2 Å². The summed E-state index contributed by atoms with van der Waals surface area (Å²) in [6, 6.07) is 6.55. The number of nitrogens with zero attached hydrogens (tertiary/aromatic N) is 1. The highest BCUT2D eigenvalue weighted by Gasteiger charge is 2.29. The molecule has 0 saturated carbocycles. The van der Waals surface area contributed by atoms with Crippen LogP contribution in [0.5, 0.6) is 5.75 Å². The van der Waals surface area contributed by atoms with Gasteiger partial charge in [0, 0.05) is 17.6 Å². The molecule has 0 aliphatic carbocycles. The van der Waals surface area contributed by atoms with Gasteiger partial charge in [0.1, 0.15) is 11.6 Å². The molecule has 16 heavy (non-hydrogen) atoms. The molecule has 0 amide bonds. The van der Waals surface area contributed by atoms with E-state index in [0.29, 0.717) is 12.4 Å². The first-order chi connectivity index (χ1) is 7.63. The molecular weight excluding hydrogens is 205 g/mol. The Morgan fingerprint density at radius 2 is 2.38 bits per heavy atom. The molecule has 0 saturated heterocycles. The number of nitriles is 1. The molecule has 1 atom stereocenters. The summed E-state index contributed by atoms with van der Waals surface area (Å²) < 4.78 is 18.5. The average molecular weight is 217 g/mol. The highest BCUT2D eigenvalue weighted by atomic mass is 19.1. The van der Waals surface area contributed by atoms with Crippen molar-refractivity contribution < 1.29 is 9.13 Å². The van der Waals surface area contributed by atoms with Crippen LogP contribution in [0.1, 0.15) is 12.5 Å². The van der Waals surface area contributed by atoms with Gasteiger partial charge in [-0.2, -0.15) is 5.26 Å². The predicted octanol–water partition coefficient (Wildman–Crippen LogP) is 2.85. The Morgan fingerprint density at radius 1 is 1.56 bits per heavy atom. The molecule has 1 aromatic carbocycles. The largest absolute Gasteiger partial charge is 0.492 e. The van der Waals surface area contributed by atoms with Crippen LogP contribution in [-0.4, -0.2) is 6.61 Å². The number of fused-ring (bicyclic) bond motifs is 1. The van der Waals surface area contributed by atoms with Crippen molar-refractivity contribution in [3.63, 3.8) is 0 Å². The first-order valence-corrected chi connectivity index (χ1v) is 5.11. The van der Waals surface area contributed by atoms with Crippen LogP contribution in [0, 0.1) is 22.6 Å². The van der Waals surface area contributed by atoms with Crippen LogP contribution in [-0.2, 0) is 6.42 Å². The van der Waals surface area contributed by atoms with E-state index in [1.165, 1.54) is 18.2 Å². The standard InChI is InChI=1S/C13H12FNO/c1-13(5-2-6-15)8-10-3-4-11(14)7-12(10)16-9-13/h2-5,7H,8-9H2,1H3/b5-2+. The molecule has 1 aliphatic rings. The number of benzene rings is 1. The highest BCUT2D eigenvalue weighted by Crippen LogP contribution is 2.35. The maximum absolute atomic E-state index is 13.0. The highest BCUT2D eigenvalue weighted by molar-refractivity contribution is 5.37. The summed E-state index contributed by atoms with van der Waals surface area (Å²) in [5.74, 6) is 0.331. The molecule has 1 unspecified atom stereocenters. The fourth-order valence-corrected chi connectivity index (χ4v) is 1.88. The second kappa shape index (κ2) is 3.97. The molecular formula is C13H12FNO. The Balaban J connectivity index is 2.27. The van der Waals surface area contributed by atoms with Crippen molar-refractivity contribution in [2.45, 2.75) is 13.3 Å². The smallest absolute Gasteiger partial charge is 0.126 e. The minimum Gasteiger partial charge on any atom is -0.492 e. The normalized spacial score (nSPS) is 23.6. The zero-order valence-corrected chi connectivity index (χ0v) is 9.03. The van der Waals surface area contributed by atoms with Crippen LogP contribution < -0.4 is 4.74 Å². The third-order valence-electron chi connectivity index (χ3n) is 2.74. The summed E-state index contributed by atoms with van der Waals surface area (Å²) in [7, 11) is 0. The van der Waals surface area contributed by atoms with Gasteiger partial charge in [-0.3, -0.25) is 0 Å². The van der Waals surface area contributed by atoms with Crippen LogP contribution in [0.25, 0.3) is 0 Å². The van der Waals surface area contributed by atoms with Crippen LogP contribution in [0.3, 0.4) is 0 Å². The van der Waals surface area contributed by atoms with Gasteiger partial charge in [0.25, 0.3) is 0 Å². The molecule has 2 nitrogen and oxygen atoms in total. The van der Waals surface area contributed by atoms with E-state index in [2.05, 4.69) is 0 Å². The Kier molecular flexibility index (Phi) is 2.66. The Bertz CT molecular complexity index is 475. The number of ether oxygens (including phenoxy) is 1. The van der Waals surface area contributed by atoms with Crippen molar-refractivity contribution in [2.24, 2.45) is 5.41 Å². The van der Waals surface area contributed by atoms with Gasteiger partial charge < -0.3 is 4.74 Å². The predicted molar refractivity (Wildman–Crippen MR) is 58.5 cm³/mol. The van der Waals surface area contributed by atoms with Crippen LogP contribution in [0.15, 0.2) is 30.4 Å². The maximum atomic E-state index is 13.0. The summed E-state index contributed by atoms with van der Waals surface area (Å²) in [6.07, 6.45) is 4.08. The van der Waals surface area contributed by atoms with Gasteiger partial charge >= 0.3 is 0 Å². The van der Waals surface area contributed by atoms with Gasteiger partial charge in [0.05, 0.1) is 12.7 Å². The lowest BCUT2D eigenvalue weighted by atomic mass is 9.82. The SMILES string of the molecule is CC1(/C=C/C#N)COc2cc(F)ccc2C1. The first kappa shape index (κ1) is 10.7. The maximum Gasteiger partial charge on any atom is 0.126 e. The van der Waals surface area contributed by atoms with E-state index < -0.39 is 0 Å². The zero-order chi connectivity index (χ0) is 11.6. The second-order valence-corrected chi connectivity index (χ2v) is 4.33. The Hall–Kier alpha value is -1.82. The lowest BCUT2D eigenvalue weighted by Crippen LogP contribution is -2.30. The Labute approximate surface area is 94.0 Å². The van der Waals surface area contributed by atoms with E-state index in [9.17, 15) is 4.39 Å². The molecule has 3 heteroatoms. The van der Waals surface area contributed by atoms with Crippen molar-refractivity contribution in [1.82, 2.24) is 0 Å². The molecule has 1 aromatic rings. The topological polar surface area (TPSA) is 33.0 Å². The van der Waals surface area contributed by atoms with Crippen LogP contribution >= 0.6 is 0 Å². The number of hydrogen-bond donors (Lipinski definition) is 0.